The fraction of sp³-hybridized carbons (Fsp3) is 0.318. The second kappa shape index (κ2) is 7.84. The summed E-state index contributed by atoms with van der Waals surface area (Å²) >= 11 is 0. The molecule has 1 aliphatic rings. The first-order valence-electron chi connectivity index (χ1n) is 9.78. The summed E-state index contributed by atoms with van der Waals surface area (Å²) in [5.74, 6) is -0.131. The predicted octanol–water partition coefficient (Wildman–Crippen LogP) is 3.91. The Morgan fingerprint density at radius 2 is 1.79 bits per heavy atom. The van der Waals surface area contributed by atoms with Crippen molar-refractivity contribution in [1.29, 1.82) is 0 Å². The molecule has 0 saturated carbocycles. The van der Waals surface area contributed by atoms with Gasteiger partial charge < -0.3 is 10.2 Å². The Hall–Kier alpha value is -3.15. The molecule has 4 rings (SSSR count). The molecule has 144 valence electrons. The molecule has 3 heterocycles. The van der Waals surface area contributed by atoms with Crippen LogP contribution in [0.25, 0.3) is 5.52 Å². The average molecular weight is 376 g/mol. The monoisotopic (exact) mass is 376 g/mol. The molecule has 2 aromatic heterocycles. The minimum absolute atomic E-state index is 0.113. The number of benzene rings is 1. The number of carbonyl (C=O) groups is 2. The van der Waals surface area contributed by atoms with E-state index in [-0.39, 0.29) is 17.5 Å². The topological polar surface area (TPSA) is 66.7 Å². The molecule has 6 heteroatoms. The first kappa shape index (κ1) is 18.2. The van der Waals surface area contributed by atoms with Crippen molar-refractivity contribution in [2.24, 2.45) is 0 Å². The number of hydrogen-bond donors (Lipinski definition) is 1. The molecule has 1 aliphatic heterocycles. The third-order valence-electron chi connectivity index (χ3n) is 5.12. The van der Waals surface area contributed by atoms with Crippen LogP contribution in [0.3, 0.4) is 0 Å². The van der Waals surface area contributed by atoms with Crippen LogP contribution in [-0.2, 0) is 0 Å². The molecule has 0 radical (unpaired) electrons. The second-order valence-corrected chi connectivity index (χ2v) is 7.27. The van der Waals surface area contributed by atoms with Gasteiger partial charge in [-0.15, -0.1) is 0 Å². The van der Waals surface area contributed by atoms with Gasteiger partial charge in [0.2, 0.25) is 5.82 Å². The standard InChI is InChI=1S/C22H24N4O2/c1-16-9-8-10-17(15-16)23-21(27)19-18-11-4-7-14-26(18)20(24-19)22(28)25-12-5-2-3-6-13-25/h4,7-11,14-15H,2-3,5-6,12-13H2,1H3,(H,23,27). The van der Waals surface area contributed by atoms with Gasteiger partial charge in [0.25, 0.3) is 11.8 Å². The van der Waals surface area contributed by atoms with E-state index in [1.54, 1.807) is 10.6 Å². The summed E-state index contributed by atoms with van der Waals surface area (Å²) in [5.41, 5.74) is 2.66. The summed E-state index contributed by atoms with van der Waals surface area (Å²) in [5, 5.41) is 2.89. The van der Waals surface area contributed by atoms with Crippen molar-refractivity contribution in [2.45, 2.75) is 32.6 Å². The smallest absolute Gasteiger partial charge is 0.290 e. The normalized spacial score (nSPS) is 14.7. The zero-order chi connectivity index (χ0) is 19.5. The van der Waals surface area contributed by atoms with Crippen LogP contribution in [0, 0.1) is 6.92 Å². The van der Waals surface area contributed by atoms with Crippen LogP contribution in [0.5, 0.6) is 0 Å². The van der Waals surface area contributed by atoms with E-state index in [2.05, 4.69) is 10.3 Å². The number of nitrogens with one attached hydrogen (secondary N) is 1. The number of pyridine rings is 1. The summed E-state index contributed by atoms with van der Waals surface area (Å²) in [6, 6.07) is 13.1. The van der Waals surface area contributed by atoms with Crippen LogP contribution in [-0.4, -0.2) is 39.2 Å². The first-order valence-corrected chi connectivity index (χ1v) is 9.78. The summed E-state index contributed by atoms with van der Waals surface area (Å²) in [4.78, 5) is 32.3. The number of aryl methyl sites for hydroxylation is 1. The Kier molecular flexibility index (Phi) is 5.10. The van der Waals surface area contributed by atoms with Crippen molar-refractivity contribution in [2.75, 3.05) is 18.4 Å². The number of likely N-dealkylation sites (tertiary alicyclic amines) is 1. The molecule has 0 aliphatic carbocycles. The lowest BCUT2D eigenvalue weighted by molar-refractivity contribution is 0.0748. The first-order chi connectivity index (χ1) is 13.6. The summed E-state index contributed by atoms with van der Waals surface area (Å²) in [6.45, 7) is 3.45. The zero-order valence-corrected chi connectivity index (χ0v) is 16.0. The molecule has 0 unspecified atom stereocenters. The highest BCUT2D eigenvalue weighted by atomic mass is 16.2. The maximum atomic E-state index is 13.1. The van der Waals surface area contributed by atoms with Gasteiger partial charge in [-0.1, -0.05) is 31.0 Å². The lowest BCUT2D eigenvalue weighted by Gasteiger charge is -2.19. The van der Waals surface area contributed by atoms with Gasteiger partial charge in [-0.3, -0.25) is 14.0 Å². The van der Waals surface area contributed by atoms with E-state index in [0.29, 0.717) is 17.0 Å². The minimum atomic E-state index is -0.316. The Bertz CT molecular complexity index is 1020. The molecule has 1 fully saturated rings. The summed E-state index contributed by atoms with van der Waals surface area (Å²) in [6.07, 6.45) is 6.11. The largest absolute Gasteiger partial charge is 0.336 e. The highest BCUT2D eigenvalue weighted by Crippen LogP contribution is 2.19. The van der Waals surface area contributed by atoms with Crippen LogP contribution in [0.1, 0.15) is 52.4 Å². The van der Waals surface area contributed by atoms with Crippen LogP contribution in [0.15, 0.2) is 48.7 Å². The lowest BCUT2D eigenvalue weighted by Crippen LogP contribution is -2.33. The van der Waals surface area contributed by atoms with Crippen molar-refractivity contribution in [3.8, 4) is 0 Å². The minimum Gasteiger partial charge on any atom is -0.336 e. The van der Waals surface area contributed by atoms with E-state index in [1.807, 2.05) is 54.3 Å². The zero-order valence-electron chi connectivity index (χ0n) is 16.0. The van der Waals surface area contributed by atoms with Crippen LogP contribution in [0.2, 0.25) is 0 Å². The molecule has 28 heavy (non-hydrogen) atoms. The molecule has 3 aromatic rings. The molecule has 1 aromatic carbocycles. The number of hydrogen-bond acceptors (Lipinski definition) is 3. The molecule has 0 atom stereocenters. The Balaban J connectivity index is 1.68. The van der Waals surface area contributed by atoms with Crippen molar-refractivity contribution in [3.63, 3.8) is 0 Å². The number of anilines is 1. The number of amides is 2. The van der Waals surface area contributed by atoms with Gasteiger partial charge in [0.05, 0.1) is 5.52 Å². The van der Waals surface area contributed by atoms with E-state index in [4.69, 9.17) is 0 Å². The molecule has 1 saturated heterocycles. The van der Waals surface area contributed by atoms with Crippen LogP contribution < -0.4 is 5.32 Å². The van der Waals surface area contributed by atoms with E-state index in [9.17, 15) is 9.59 Å². The summed E-state index contributed by atoms with van der Waals surface area (Å²) < 4.78 is 1.72. The quantitative estimate of drug-likeness (QED) is 0.754. The number of carbonyl (C=O) groups excluding carboxylic acids is 2. The maximum absolute atomic E-state index is 13.1. The van der Waals surface area contributed by atoms with Gasteiger partial charge in [0.1, 0.15) is 0 Å². The Morgan fingerprint density at radius 1 is 1.00 bits per heavy atom. The molecule has 2 amide bonds. The second-order valence-electron chi connectivity index (χ2n) is 7.27. The highest BCUT2D eigenvalue weighted by Gasteiger charge is 2.25. The molecule has 6 nitrogen and oxygen atoms in total. The van der Waals surface area contributed by atoms with Gasteiger partial charge in [-0.05, 0) is 49.6 Å². The Morgan fingerprint density at radius 3 is 2.54 bits per heavy atom. The lowest BCUT2D eigenvalue weighted by atomic mass is 10.2. The van der Waals surface area contributed by atoms with Crippen LogP contribution >= 0.6 is 0 Å². The molecular formula is C22H24N4O2. The third kappa shape index (κ3) is 3.63. The van der Waals surface area contributed by atoms with Gasteiger partial charge >= 0.3 is 0 Å². The molecular weight excluding hydrogens is 352 g/mol. The van der Waals surface area contributed by atoms with Crippen molar-refractivity contribution >= 4 is 23.0 Å². The van der Waals surface area contributed by atoms with E-state index >= 15 is 0 Å². The van der Waals surface area contributed by atoms with Gasteiger partial charge in [-0.2, -0.15) is 0 Å². The SMILES string of the molecule is Cc1cccc(NC(=O)c2nc(C(=O)N3CCCCCC3)n3ccccc23)c1. The van der Waals surface area contributed by atoms with E-state index in [1.165, 1.54) is 0 Å². The third-order valence-corrected chi connectivity index (χ3v) is 5.12. The van der Waals surface area contributed by atoms with Crippen molar-refractivity contribution in [1.82, 2.24) is 14.3 Å². The fourth-order valence-corrected chi connectivity index (χ4v) is 3.68. The van der Waals surface area contributed by atoms with E-state index < -0.39 is 0 Å². The van der Waals surface area contributed by atoms with Crippen molar-refractivity contribution < 1.29 is 9.59 Å². The van der Waals surface area contributed by atoms with Crippen LogP contribution in [0.4, 0.5) is 5.69 Å². The number of fused-ring (bicyclic) bond motifs is 1. The van der Waals surface area contributed by atoms with Gasteiger partial charge in [0, 0.05) is 25.0 Å². The number of nitrogens with zero attached hydrogens (tertiary/aromatic N) is 3. The average Bonchev–Trinajstić information content (AvgIpc) is 2.87. The Labute approximate surface area is 164 Å². The van der Waals surface area contributed by atoms with E-state index in [0.717, 1.165) is 44.3 Å². The number of imidazole rings is 1. The number of aromatic nitrogens is 2. The fourth-order valence-electron chi connectivity index (χ4n) is 3.68. The predicted molar refractivity (Wildman–Crippen MR) is 109 cm³/mol. The van der Waals surface area contributed by atoms with Gasteiger partial charge in [0.15, 0.2) is 5.69 Å². The molecule has 1 N–H and O–H groups in total. The number of rotatable bonds is 3. The molecule has 0 bridgehead atoms. The van der Waals surface area contributed by atoms with Gasteiger partial charge in [-0.25, -0.2) is 4.98 Å². The molecule has 0 spiro atoms. The maximum Gasteiger partial charge on any atom is 0.290 e. The van der Waals surface area contributed by atoms with Crippen molar-refractivity contribution in [3.05, 3.63) is 65.7 Å². The highest BCUT2D eigenvalue weighted by molar-refractivity contribution is 6.09. The summed E-state index contributed by atoms with van der Waals surface area (Å²) in [7, 11) is 0.